The summed E-state index contributed by atoms with van der Waals surface area (Å²) in [5.41, 5.74) is 0.782. The van der Waals surface area contributed by atoms with Crippen LogP contribution in [0.5, 0.6) is 0 Å². The average Bonchev–Trinajstić information content (AvgIpc) is 2.24. The zero-order valence-electron chi connectivity index (χ0n) is 9.78. The summed E-state index contributed by atoms with van der Waals surface area (Å²) in [7, 11) is -3.08. The highest BCUT2D eigenvalue weighted by atomic mass is 35.5. The van der Waals surface area contributed by atoms with Crippen molar-refractivity contribution in [3.05, 3.63) is 33.8 Å². The molecule has 96 valence electrons. The Morgan fingerprint density at radius 3 is 2.18 bits per heavy atom. The number of rotatable bonds is 6. The molecule has 3 nitrogen and oxygen atoms in total. The largest absolute Gasteiger partial charge is 0.335 e. The van der Waals surface area contributed by atoms with Crippen LogP contribution in [0.4, 0.5) is 0 Å². The lowest BCUT2D eigenvalue weighted by molar-refractivity contribution is 0.219. The molecule has 0 aliphatic heterocycles. The first kappa shape index (κ1) is 15.0. The Bertz CT molecular complexity index is 413. The first-order chi connectivity index (χ1) is 8.00. The van der Waals surface area contributed by atoms with Crippen molar-refractivity contribution in [2.45, 2.75) is 20.0 Å². The van der Waals surface area contributed by atoms with E-state index in [9.17, 15) is 4.57 Å². The Labute approximate surface area is 112 Å². The van der Waals surface area contributed by atoms with E-state index in [4.69, 9.17) is 32.2 Å². The summed E-state index contributed by atoms with van der Waals surface area (Å²) < 4.78 is 22.7. The first-order valence-electron chi connectivity index (χ1n) is 5.33. The Morgan fingerprint density at radius 2 is 1.71 bits per heavy atom. The zero-order valence-corrected chi connectivity index (χ0v) is 12.2. The van der Waals surface area contributed by atoms with Gasteiger partial charge in [-0.1, -0.05) is 29.3 Å². The van der Waals surface area contributed by atoms with E-state index in [1.807, 2.05) is 0 Å². The van der Waals surface area contributed by atoms with Gasteiger partial charge in [-0.25, -0.2) is 0 Å². The molecule has 6 heteroatoms. The summed E-state index contributed by atoms with van der Waals surface area (Å²) in [5.74, 6) is 0. The SMILES string of the molecule is CCOP(=O)(Cc1ccc(Cl)c(Cl)c1)OCC. The van der Waals surface area contributed by atoms with Gasteiger partial charge in [-0.3, -0.25) is 4.57 Å². The summed E-state index contributed by atoms with van der Waals surface area (Å²) >= 11 is 11.7. The molecular weight excluding hydrogens is 282 g/mol. The van der Waals surface area contributed by atoms with E-state index in [0.717, 1.165) is 5.56 Å². The molecule has 0 saturated carbocycles. The Morgan fingerprint density at radius 1 is 1.12 bits per heavy atom. The predicted octanol–water partition coefficient (Wildman–Crippen LogP) is 4.76. The number of hydrogen-bond donors (Lipinski definition) is 0. The van der Waals surface area contributed by atoms with Gasteiger partial charge in [-0.2, -0.15) is 0 Å². The van der Waals surface area contributed by atoms with Crippen LogP contribution in [-0.2, 0) is 19.8 Å². The predicted molar refractivity (Wildman–Crippen MR) is 71.0 cm³/mol. The second kappa shape index (κ2) is 6.77. The maximum Gasteiger partial charge on any atom is 0.335 e. The lowest BCUT2D eigenvalue weighted by atomic mass is 10.2. The van der Waals surface area contributed by atoms with E-state index in [0.29, 0.717) is 23.3 Å². The van der Waals surface area contributed by atoms with E-state index in [1.165, 1.54) is 0 Å². The Hall–Kier alpha value is -0.0500. The van der Waals surface area contributed by atoms with Gasteiger partial charge in [0.25, 0.3) is 0 Å². The molecule has 0 amide bonds. The van der Waals surface area contributed by atoms with Crippen LogP contribution < -0.4 is 0 Å². The third-order valence-electron chi connectivity index (χ3n) is 2.01. The highest BCUT2D eigenvalue weighted by Gasteiger charge is 2.24. The van der Waals surface area contributed by atoms with E-state index in [2.05, 4.69) is 0 Å². The molecule has 0 aliphatic carbocycles. The minimum Gasteiger partial charge on any atom is -0.309 e. The van der Waals surface area contributed by atoms with Crippen LogP contribution in [0.2, 0.25) is 10.0 Å². The molecule has 0 atom stereocenters. The quantitative estimate of drug-likeness (QED) is 0.710. The zero-order chi connectivity index (χ0) is 12.9. The molecule has 0 bridgehead atoms. The third-order valence-corrected chi connectivity index (χ3v) is 4.81. The fraction of sp³-hybridized carbons (Fsp3) is 0.455. The molecule has 0 unspecified atom stereocenters. The average molecular weight is 297 g/mol. The van der Waals surface area contributed by atoms with E-state index in [1.54, 1.807) is 32.0 Å². The smallest absolute Gasteiger partial charge is 0.309 e. The molecule has 0 heterocycles. The van der Waals surface area contributed by atoms with Gasteiger partial charge in [0, 0.05) is 0 Å². The van der Waals surface area contributed by atoms with Gasteiger partial charge in [0.15, 0.2) is 0 Å². The maximum atomic E-state index is 12.3. The van der Waals surface area contributed by atoms with Crippen LogP contribution in [0, 0.1) is 0 Å². The van der Waals surface area contributed by atoms with Gasteiger partial charge >= 0.3 is 7.60 Å². The summed E-state index contributed by atoms with van der Waals surface area (Å²) in [5, 5.41) is 0.904. The van der Waals surface area contributed by atoms with Crippen molar-refractivity contribution in [1.82, 2.24) is 0 Å². The fourth-order valence-corrected chi connectivity index (χ4v) is 3.39. The summed E-state index contributed by atoms with van der Waals surface area (Å²) in [6.45, 7) is 4.25. The van der Waals surface area contributed by atoms with Gasteiger partial charge < -0.3 is 9.05 Å². The molecule has 0 spiro atoms. The van der Waals surface area contributed by atoms with Gasteiger partial charge in [0.05, 0.1) is 29.4 Å². The topological polar surface area (TPSA) is 35.5 Å². The number of halogens is 2. The summed E-state index contributed by atoms with van der Waals surface area (Å²) in [6, 6.07) is 5.11. The molecule has 1 rings (SSSR count). The molecule has 0 fully saturated rings. The van der Waals surface area contributed by atoms with Crippen LogP contribution in [0.25, 0.3) is 0 Å². The molecule has 0 saturated heterocycles. The molecule has 0 aromatic heterocycles. The van der Waals surface area contributed by atoms with Crippen molar-refractivity contribution < 1.29 is 13.6 Å². The Kier molecular flexibility index (Phi) is 5.98. The van der Waals surface area contributed by atoms with Gasteiger partial charge in [-0.05, 0) is 31.5 Å². The second-order valence-corrected chi connectivity index (χ2v) is 6.22. The van der Waals surface area contributed by atoms with E-state index in [-0.39, 0.29) is 6.16 Å². The second-order valence-electron chi connectivity index (χ2n) is 3.35. The van der Waals surface area contributed by atoms with Crippen molar-refractivity contribution in [2.24, 2.45) is 0 Å². The highest BCUT2D eigenvalue weighted by molar-refractivity contribution is 7.53. The summed E-state index contributed by atoms with van der Waals surface area (Å²) in [6.07, 6.45) is 0.200. The van der Waals surface area contributed by atoms with Crippen LogP contribution in [-0.4, -0.2) is 13.2 Å². The lowest BCUT2D eigenvalue weighted by Crippen LogP contribution is -1.99. The first-order valence-corrected chi connectivity index (χ1v) is 7.81. The van der Waals surface area contributed by atoms with Gasteiger partial charge in [0.2, 0.25) is 0 Å². The molecule has 0 N–H and O–H groups in total. The molecular formula is C11H15Cl2O3P. The van der Waals surface area contributed by atoms with Crippen LogP contribution in [0.15, 0.2) is 18.2 Å². The summed E-state index contributed by atoms with van der Waals surface area (Å²) in [4.78, 5) is 0. The molecule has 17 heavy (non-hydrogen) atoms. The van der Waals surface area contributed by atoms with Crippen molar-refractivity contribution >= 4 is 30.8 Å². The third kappa shape index (κ3) is 4.61. The molecule has 0 aliphatic rings. The Balaban J connectivity index is 2.86. The molecule has 0 radical (unpaired) electrons. The minimum absolute atomic E-state index is 0.200. The normalized spacial score (nSPS) is 11.8. The molecule has 1 aromatic carbocycles. The van der Waals surface area contributed by atoms with Crippen LogP contribution >= 0.6 is 30.8 Å². The van der Waals surface area contributed by atoms with E-state index >= 15 is 0 Å². The highest BCUT2D eigenvalue weighted by Crippen LogP contribution is 2.51. The van der Waals surface area contributed by atoms with Crippen molar-refractivity contribution in [3.63, 3.8) is 0 Å². The number of benzene rings is 1. The monoisotopic (exact) mass is 296 g/mol. The number of hydrogen-bond acceptors (Lipinski definition) is 3. The lowest BCUT2D eigenvalue weighted by Gasteiger charge is -2.17. The van der Waals surface area contributed by atoms with E-state index < -0.39 is 7.60 Å². The van der Waals surface area contributed by atoms with Crippen molar-refractivity contribution in [1.29, 1.82) is 0 Å². The standard InChI is InChI=1S/C11H15Cl2O3P/c1-3-15-17(14,16-4-2)8-9-5-6-10(12)11(13)7-9/h5-7H,3-4,8H2,1-2H3. The maximum absolute atomic E-state index is 12.3. The van der Waals surface area contributed by atoms with Gasteiger partial charge in [0.1, 0.15) is 0 Å². The van der Waals surface area contributed by atoms with Crippen LogP contribution in [0.3, 0.4) is 0 Å². The van der Waals surface area contributed by atoms with Crippen molar-refractivity contribution in [3.8, 4) is 0 Å². The fourth-order valence-electron chi connectivity index (χ4n) is 1.38. The van der Waals surface area contributed by atoms with Crippen molar-refractivity contribution in [2.75, 3.05) is 13.2 Å². The van der Waals surface area contributed by atoms with Crippen LogP contribution in [0.1, 0.15) is 19.4 Å². The molecule has 1 aromatic rings. The van der Waals surface area contributed by atoms with Gasteiger partial charge in [-0.15, -0.1) is 0 Å². The minimum atomic E-state index is -3.08.